The standard InChI is InChI=1S/C16H24N4O.C2H6/c1-4-14(16(18)19)15(17)12-6-8-13(9-7-12)20(5-2)10-11-21-3;1-2/h4,6-9,17H,5,10-11H2,1-3H3,(H3,18,19);1-2H3/b14-4-,17-15?;. The average molecular weight is 318 g/mol. The van der Waals surface area contributed by atoms with Crippen LogP contribution in [0.25, 0.3) is 0 Å². The predicted molar refractivity (Wildman–Crippen MR) is 100 cm³/mol. The smallest absolute Gasteiger partial charge is 0.124 e. The maximum absolute atomic E-state index is 8.13. The van der Waals surface area contributed by atoms with Crippen LogP contribution in [0.15, 0.2) is 35.9 Å². The molecule has 1 aromatic rings. The summed E-state index contributed by atoms with van der Waals surface area (Å²) < 4.78 is 5.11. The molecule has 1 aromatic carbocycles. The van der Waals surface area contributed by atoms with E-state index in [9.17, 15) is 0 Å². The number of anilines is 1. The molecule has 0 aliphatic rings. The number of hydrogen-bond acceptors (Lipinski definition) is 4. The molecule has 0 heterocycles. The van der Waals surface area contributed by atoms with Crippen LogP contribution < -0.4 is 10.6 Å². The Morgan fingerprint density at radius 2 is 1.78 bits per heavy atom. The molecular formula is C18H30N4O. The number of ether oxygens (including phenoxy) is 1. The summed E-state index contributed by atoms with van der Waals surface area (Å²) >= 11 is 0. The first kappa shape index (κ1) is 20.9. The molecular weight excluding hydrogens is 288 g/mol. The molecule has 0 amide bonds. The topological polar surface area (TPSA) is 86.2 Å². The maximum atomic E-state index is 8.13. The van der Waals surface area contributed by atoms with Gasteiger partial charge in [-0.25, -0.2) is 0 Å². The Morgan fingerprint density at radius 3 is 2.17 bits per heavy atom. The van der Waals surface area contributed by atoms with E-state index in [-0.39, 0.29) is 11.5 Å². The van der Waals surface area contributed by atoms with Crippen molar-refractivity contribution in [2.45, 2.75) is 27.7 Å². The van der Waals surface area contributed by atoms with Gasteiger partial charge in [-0.15, -0.1) is 0 Å². The fourth-order valence-corrected chi connectivity index (χ4v) is 2.10. The van der Waals surface area contributed by atoms with E-state index in [1.165, 1.54) is 0 Å². The molecule has 0 spiro atoms. The third-order valence-electron chi connectivity index (χ3n) is 3.32. The third-order valence-corrected chi connectivity index (χ3v) is 3.32. The van der Waals surface area contributed by atoms with Gasteiger partial charge in [-0.3, -0.25) is 10.8 Å². The van der Waals surface area contributed by atoms with Gasteiger partial charge in [0.2, 0.25) is 0 Å². The van der Waals surface area contributed by atoms with Crippen LogP contribution in [0.1, 0.15) is 33.3 Å². The zero-order valence-electron chi connectivity index (χ0n) is 14.9. The SMILES string of the molecule is C/C=C(\C(=N)N)C(=N)c1ccc(N(CC)CCOC)cc1.CC. The first-order chi connectivity index (χ1) is 11.0. The Balaban J connectivity index is 0.00000232. The number of methoxy groups -OCH3 is 1. The second kappa shape index (κ2) is 11.4. The van der Waals surface area contributed by atoms with E-state index in [0.29, 0.717) is 12.2 Å². The lowest BCUT2D eigenvalue weighted by molar-refractivity contribution is 0.205. The highest BCUT2D eigenvalue weighted by Gasteiger charge is 2.11. The number of benzene rings is 1. The number of nitrogens with two attached hydrogens (primary N) is 1. The molecule has 0 bridgehead atoms. The zero-order valence-corrected chi connectivity index (χ0v) is 14.9. The molecule has 23 heavy (non-hydrogen) atoms. The minimum atomic E-state index is -0.0816. The summed E-state index contributed by atoms with van der Waals surface area (Å²) in [5.41, 5.74) is 8.07. The molecule has 0 saturated carbocycles. The molecule has 0 saturated heterocycles. The van der Waals surface area contributed by atoms with Crippen LogP contribution in [0.4, 0.5) is 5.69 Å². The Hall–Kier alpha value is -2.14. The monoisotopic (exact) mass is 318 g/mol. The van der Waals surface area contributed by atoms with Gasteiger partial charge in [0.25, 0.3) is 0 Å². The lowest BCUT2D eigenvalue weighted by Gasteiger charge is -2.23. The van der Waals surface area contributed by atoms with Crippen LogP contribution in [0.2, 0.25) is 0 Å². The van der Waals surface area contributed by atoms with E-state index < -0.39 is 0 Å². The predicted octanol–water partition coefficient (Wildman–Crippen LogP) is 3.44. The summed E-state index contributed by atoms with van der Waals surface area (Å²) in [6, 6.07) is 7.74. The highest BCUT2D eigenvalue weighted by atomic mass is 16.5. The first-order valence-corrected chi connectivity index (χ1v) is 7.99. The molecule has 0 unspecified atom stereocenters. The van der Waals surface area contributed by atoms with Crippen molar-refractivity contribution >= 4 is 17.2 Å². The number of allylic oxidation sites excluding steroid dienone is 1. The Morgan fingerprint density at radius 1 is 1.22 bits per heavy atom. The van der Waals surface area contributed by atoms with Gasteiger partial charge < -0.3 is 15.4 Å². The van der Waals surface area contributed by atoms with Crippen LogP contribution in [0, 0.1) is 10.8 Å². The highest BCUT2D eigenvalue weighted by Crippen LogP contribution is 2.17. The van der Waals surface area contributed by atoms with E-state index in [4.69, 9.17) is 21.3 Å². The van der Waals surface area contributed by atoms with Gasteiger partial charge in [0.05, 0.1) is 12.3 Å². The number of rotatable bonds is 8. The summed E-state index contributed by atoms with van der Waals surface area (Å²) in [6.45, 7) is 10.3. The van der Waals surface area contributed by atoms with Gasteiger partial charge in [-0.1, -0.05) is 32.1 Å². The minimum absolute atomic E-state index is 0.0816. The maximum Gasteiger partial charge on any atom is 0.124 e. The molecule has 4 N–H and O–H groups in total. The molecule has 0 aliphatic carbocycles. The molecule has 0 aromatic heterocycles. The van der Waals surface area contributed by atoms with Crippen molar-refractivity contribution in [3.05, 3.63) is 41.5 Å². The second-order valence-electron chi connectivity index (χ2n) is 4.61. The molecule has 0 radical (unpaired) electrons. The normalized spacial score (nSPS) is 10.6. The summed E-state index contributed by atoms with van der Waals surface area (Å²) in [5, 5.41) is 15.6. The van der Waals surface area contributed by atoms with Crippen LogP contribution in [-0.4, -0.2) is 38.4 Å². The van der Waals surface area contributed by atoms with E-state index in [2.05, 4.69) is 11.8 Å². The fourth-order valence-electron chi connectivity index (χ4n) is 2.10. The van der Waals surface area contributed by atoms with Crippen LogP contribution in [0.3, 0.4) is 0 Å². The van der Waals surface area contributed by atoms with E-state index in [1.54, 1.807) is 20.1 Å². The molecule has 0 aliphatic heterocycles. The number of likely N-dealkylation sites (N-methyl/N-ethyl adjacent to an activating group) is 1. The number of nitrogens with zero attached hydrogens (tertiary/aromatic N) is 1. The van der Waals surface area contributed by atoms with Gasteiger partial charge in [0, 0.05) is 37.0 Å². The van der Waals surface area contributed by atoms with Gasteiger partial charge in [0.15, 0.2) is 0 Å². The summed E-state index contributed by atoms with van der Waals surface area (Å²) in [7, 11) is 1.69. The first-order valence-electron chi connectivity index (χ1n) is 7.99. The van der Waals surface area contributed by atoms with Gasteiger partial charge >= 0.3 is 0 Å². The van der Waals surface area contributed by atoms with Crippen molar-refractivity contribution in [1.29, 1.82) is 10.8 Å². The van der Waals surface area contributed by atoms with Crippen molar-refractivity contribution in [3.8, 4) is 0 Å². The molecule has 128 valence electrons. The molecule has 5 nitrogen and oxygen atoms in total. The lowest BCUT2D eigenvalue weighted by Crippen LogP contribution is -2.26. The number of nitrogens with one attached hydrogen (secondary N) is 2. The van der Waals surface area contributed by atoms with Crippen LogP contribution >= 0.6 is 0 Å². The van der Waals surface area contributed by atoms with E-state index >= 15 is 0 Å². The van der Waals surface area contributed by atoms with Crippen molar-refractivity contribution in [3.63, 3.8) is 0 Å². The van der Waals surface area contributed by atoms with E-state index in [0.717, 1.165) is 24.3 Å². The molecule has 5 heteroatoms. The second-order valence-corrected chi connectivity index (χ2v) is 4.61. The van der Waals surface area contributed by atoms with Crippen LogP contribution in [-0.2, 0) is 4.74 Å². The van der Waals surface area contributed by atoms with Crippen molar-refractivity contribution < 1.29 is 4.74 Å². The van der Waals surface area contributed by atoms with Gasteiger partial charge in [-0.05, 0) is 26.0 Å². The Labute approximate surface area is 140 Å². The van der Waals surface area contributed by atoms with Crippen molar-refractivity contribution in [1.82, 2.24) is 0 Å². The summed E-state index contributed by atoms with van der Waals surface area (Å²) in [4.78, 5) is 2.21. The van der Waals surface area contributed by atoms with Gasteiger partial charge in [-0.2, -0.15) is 0 Å². The van der Waals surface area contributed by atoms with Crippen LogP contribution in [0.5, 0.6) is 0 Å². The number of hydrogen-bond donors (Lipinski definition) is 3. The Bertz CT molecular complexity index is 520. The van der Waals surface area contributed by atoms with Crippen molar-refractivity contribution in [2.75, 3.05) is 31.7 Å². The molecule has 0 atom stereocenters. The van der Waals surface area contributed by atoms with Gasteiger partial charge in [0.1, 0.15) is 5.84 Å². The average Bonchev–Trinajstić information content (AvgIpc) is 2.58. The number of amidine groups is 1. The zero-order chi connectivity index (χ0) is 17.8. The fraction of sp³-hybridized carbons (Fsp3) is 0.444. The Kier molecular flexibility index (Phi) is 10.4. The summed E-state index contributed by atoms with van der Waals surface area (Å²) in [5.74, 6) is -0.0816. The van der Waals surface area contributed by atoms with E-state index in [1.807, 2.05) is 38.1 Å². The third kappa shape index (κ3) is 6.24. The lowest BCUT2D eigenvalue weighted by atomic mass is 10.0. The molecule has 1 rings (SSSR count). The largest absolute Gasteiger partial charge is 0.384 e. The summed E-state index contributed by atoms with van der Waals surface area (Å²) in [6.07, 6.45) is 1.69. The quantitative estimate of drug-likeness (QED) is 0.507. The van der Waals surface area contributed by atoms with Crippen molar-refractivity contribution in [2.24, 2.45) is 5.73 Å². The minimum Gasteiger partial charge on any atom is -0.384 e. The highest BCUT2D eigenvalue weighted by molar-refractivity contribution is 6.27. The molecule has 0 fully saturated rings.